The van der Waals surface area contributed by atoms with E-state index in [1.165, 1.54) is 166 Å². The van der Waals surface area contributed by atoms with Crippen molar-refractivity contribution >= 4 is 83.0 Å². The number of rotatable bonds is 3. The summed E-state index contributed by atoms with van der Waals surface area (Å²) >= 11 is 1.91. The van der Waals surface area contributed by atoms with E-state index in [2.05, 4.69) is 206 Å². The van der Waals surface area contributed by atoms with Gasteiger partial charge in [-0.3, -0.25) is 0 Å². The van der Waals surface area contributed by atoms with Crippen molar-refractivity contribution in [3.05, 3.63) is 155 Å². The maximum atomic E-state index is 2.79. The molecule has 2 unspecified atom stereocenters. The molecule has 4 heterocycles. The second-order valence-electron chi connectivity index (χ2n) is 25.7. The fourth-order valence-electron chi connectivity index (χ4n) is 15.3. The molecule has 1 fully saturated rings. The molecule has 7 aromatic carbocycles. The Morgan fingerprint density at radius 1 is 0.429 bits per heavy atom. The van der Waals surface area contributed by atoms with Crippen LogP contribution in [-0.2, 0) is 27.1 Å². The first-order valence-electron chi connectivity index (χ1n) is 26.7. The summed E-state index contributed by atoms with van der Waals surface area (Å²) in [6, 6.07) is 51.5. The predicted octanol–water partition coefficient (Wildman–Crippen LogP) is 16.4. The number of anilines is 5. The van der Waals surface area contributed by atoms with Crippen molar-refractivity contribution in [2.24, 2.45) is 0 Å². The smallest absolute Gasteiger partial charge is 0.248 e. The Morgan fingerprint density at radius 2 is 1.09 bits per heavy atom. The van der Waals surface area contributed by atoms with Gasteiger partial charge in [0, 0.05) is 54.0 Å². The zero-order chi connectivity index (χ0) is 48.1. The van der Waals surface area contributed by atoms with E-state index in [4.69, 9.17) is 0 Å². The van der Waals surface area contributed by atoms with Gasteiger partial charge in [-0.15, -0.1) is 11.3 Å². The standard InChI is InChI=1S/C66H67BN2S/c1-61(2)29-30-62(3,4)50-36-42(23-25-48(50)61)68-56-39-52-51(63(5,6)31-32-64(52,7)8)38-54(56)67-53-37-43(69-55-19-13-12-18-49(55)65(9)27-15-16-28-66(65,69)10)22-24-44(53)47-34-41(35-57(68)60(47)67)40-21-26-59-46(33-40)45-17-11-14-20-58(45)70-59/h11-14,17-26,33-39H,15-16,27-32H2,1-10H3. The van der Waals surface area contributed by atoms with Gasteiger partial charge in [0.1, 0.15) is 0 Å². The molecular formula is C66H67BN2S. The number of benzene rings is 7. The predicted molar refractivity (Wildman–Crippen MR) is 303 cm³/mol. The van der Waals surface area contributed by atoms with E-state index in [9.17, 15) is 0 Å². The van der Waals surface area contributed by atoms with Gasteiger partial charge in [0.25, 0.3) is 0 Å². The molecule has 0 radical (unpaired) electrons. The lowest BCUT2D eigenvalue weighted by Crippen LogP contribution is -2.56. The summed E-state index contributed by atoms with van der Waals surface area (Å²) in [5, 5.41) is 2.70. The van der Waals surface area contributed by atoms with Crippen LogP contribution in [0.1, 0.15) is 148 Å². The minimum atomic E-state index is -0.0117. The van der Waals surface area contributed by atoms with Crippen molar-refractivity contribution < 1.29 is 0 Å². The molecule has 0 N–H and O–H groups in total. The molecule has 6 aliphatic rings. The number of fused-ring (bicyclic) bond motifs is 13. The van der Waals surface area contributed by atoms with Gasteiger partial charge in [0.05, 0.1) is 5.54 Å². The summed E-state index contributed by atoms with van der Waals surface area (Å²) in [6.07, 6.45) is 9.76. The molecule has 70 heavy (non-hydrogen) atoms. The summed E-state index contributed by atoms with van der Waals surface area (Å²) in [5.74, 6) is 0. The maximum absolute atomic E-state index is 2.79. The van der Waals surface area contributed by atoms with Gasteiger partial charge in [-0.1, -0.05) is 141 Å². The van der Waals surface area contributed by atoms with Gasteiger partial charge in [-0.05, 0) is 195 Å². The first-order chi connectivity index (χ1) is 33.4. The highest BCUT2D eigenvalue weighted by Gasteiger charge is 2.58. The Bertz CT molecular complexity index is 3590. The number of nitrogens with zero attached hydrogens (tertiary/aromatic N) is 2. The molecule has 0 spiro atoms. The summed E-state index contributed by atoms with van der Waals surface area (Å²) in [6.45, 7) is 25.2. The normalized spacial score (nSPS) is 23.6. The van der Waals surface area contributed by atoms with Crippen LogP contribution in [0.15, 0.2) is 127 Å². The third-order valence-corrected chi connectivity index (χ3v) is 21.1. The molecule has 3 aliphatic heterocycles. The summed E-state index contributed by atoms with van der Waals surface area (Å²) in [5.41, 5.74) is 24.5. The SMILES string of the molecule is CC1(C)CCC(C)(C)c2cc(N3c4cc5c(cc4B4c6cc(N7c8ccccc8C8(C)CCCCC78C)ccc6-c6cc(-c7ccc8sc9ccccc9c8c7)cc3c64)C(C)(C)CCC5(C)C)ccc21. The lowest BCUT2D eigenvalue weighted by molar-refractivity contribution is 0.195. The first kappa shape index (κ1) is 43.2. The van der Waals surface area contributed by atoms with E-state index < -0.39 is 0 Å². The maximum Gasteiger partial charge on any atom is 0.248 e. The van der Waals surface area contributed by atoms with Crippen LogP contribution in [-0.4, -0.2) is 12.3 Å². The van der Waals surface area contributed by atoms with Crippen molar-refractivity contribution in [1.29, 1.82) is 0 Å². The largest absolute Gasteiger partial charge is 0.334 e. The minimum Gasteiger partial charge on any atom is -0.334 e. The summed E-state index contributed by atoms with van der Waals surface area (Å²) in [7, 11) is 0. The molecule has 4 heteroatoms. The van der Waals surface area contributed by atoms with Crippen molar-refractivity contribution in [3.63, 3.8) is 0 Å². The van der Waals surface area contributed by atoms with Gasteiger partial charge >= 0.3 is 0 Å². The number of hydrogen-bond acceptors (Lipinski definition) is 3. The van der Waals surface area contributed by atoms with Crippen molar-refractivity contribution in [2.75, 3.05) is 9.80 Å². The molecule has 8 aromatic rings. The van der Waals surface area contributed by atoms with Crippen LogP contribution in [0.2, 0.25) is 0 Å². The zero-order valence-corrected chi connectivity index (χ0v) is 44.0. The highest BCUT2D eigenvalue weighted by Crippen LogP contribution is 2.61. The number of para-hydroxylation sites is 1. The molecule has 0 bridgehead atoms. The van der Waals surface area contributed by atoms with Crippen LogP contribution >= 0.6 is 11.3 Å². The Kier molecular flexibility index (Phi) is 8.70. The Labute approximate surface area is 421 Å². The van der Waals surface area contributed by atoms with Crippen molar-refractivity contribution in [1.82, 2.24) is 0 Å². The molecule has 0 amide bonds. The topological polar surface area (TPSA) is 6.48 Å². The Morgan fingerprint density at radius 3 is 1.87 bits per heavy atom. The second-order valence-corrected chi connectivity index (χ2v) is 26.8. The summed E-state index contributed by atoms with van der Waals surface area (Å²) < 4.78 is 2.70. The van der Waals surface area contributed by atoms with Crippen LogP contribution in [0.5, 0.6) is 0 Å². The fourth-order valence-corrected chi connectivity index (χ4v) is 16.4. The van der Waals surface area contributed by atoms with Crippen LogP contribution in [0.4, 0.5) is 28.4 Å². The molecule has 1 aromatic heterocycles. The van der Waals surface area contributed by atoms with E-state index in [-0.39, 0.29) is 39.3 Å². The van der Waals surface area contributed by atoms with E-state index >= 15 is 0 Å². The molecular weight excluding hydrogens is 864 g/mol. The molecule has 2 atom stereocenters. The number of hydrogen-bond donors (Lipinski definition) is 0. The van der Waals surface area contributed by atoms with Crippen molar-refractivity contribution in [3.8, 4) is 22.3 Å². The van der Waals surface area contributed by atoms with E-state index in [0.717, 1.165) is 0 Å². The third kappa shape index (κ3) is 5.69. The molecule has 1 saturated carbocycles. The van der Waals surface area contributed by atoms with Gasteiger partial charge < -0.3 is 9.80 Å². The lowest BCUT2D eigenvalue weighted by atomic mass is 9.36. The van der Waals surface area contributed by atoms with E-state index in [1.807, 2.05) is 11.3 Å². The molecule has 0 saturated heterocycles. The second kappa shape index (κ2) is 14.1. The number of thiophene rings is 1. The van der Waals surface area contributed by atoms with Crippen molar-refractivity contribution in [2.45, 2.75) is 153 Å². The average molecular weight is 931 g/mol. The van der Waals surface area contributed by atoms with Crippen LogP contribution in [0.3, 0.4) is 0 Å². The quantitative estimate of drug-likeness (QED) is 0.163. The molecule has 14 rings (SSSR count). The van der Waals surface area contributed by atoms with Gasteiger partial charge in [0.2, 0.25) is 6.71 Å². The van der Waals surface area contributed by atoms with Gasteiger partial charge in [-0.2, -0.15) is 0 Å². The Hall–Kier alpha value is -5.58. The monoisotopic (exact) mass is 931 g/mol. The molecule has 3 aliphatic carbocycles. The van der Waals surface area contributed by atoms with Gasteiger partial charge in [0.15, 0.2) is 0 Å². The fraction of sp³-hybridized carbons (Fsp3) is 0.364. The summed E-state index contributed by atoms with van der Waals surface area (Å²) in [4.78, 5) is 5.53. The average Bonchev–Trinajstić information content (AvgIpc) is 3.95. The zero-order valence-electron chi connectivity index (χ0n) is 43.2. The Balaban J connectivity index is 1.06. The molecule has 2 nitrogen and oxygen atoms in total. The highest BCUT2D eigenvalue weighted by molar-refractivity contribution is 7.25. The van der Waals surface area contributed by atoms with E-state index in [0.29, 0.717) is 0 Å². The minimum absolute atomic E-state index is 0.0117. The first-order valence-corrected chi connectivity index (χ1v) is 27.5. The van der Waals surface area contributed by atoms with Crippen LogP contribution in [0.25, 0.3) is 42.4 Å². The lowest BCUT2D eigenvalue weighted by Gasteiger charge is -2.50. The highest BCUT2D eigenvalue weighted by atomic mass is 32.1. The van der Waals surface area contributed by atoms with Crippen LogP contribution < -0.4 is 26.2 Å². The van der Waals surface area contributed by atoms with Gasteiger partial charge in [-0.25, -0.2) is 0 Å². The molecule has 350 valence electrons. The van der Waals surface area contributed by atoms with Crippen LogP contribution in [0, 0.1) is 0 Å². The van der Waals surface area contributed by atoms with E-state index in [1.54, 1.807) is 0 Å². The third-order valence-electron chi connectivity index (χ3n) is 20.0.